The summed E-state index contributed by atoms with van der Waals surface area (Å²) in [7, 11) is 0. The monoisotopic (exact) mass is 275 g/mol. The molecule has 1 N–H and O–H groups in total. The zero-order chi connectivity index (χ0) is 14.5. The minimum absolute atomic E-state index is 0.167. The number of nitro groups is 1. The van der Waals surface area contributed by atoms with Crippen molar-refractivity contribution >= 4 is 11.5 Å². The molecule has 1 saturated heterocycles. The normalized spacial score (nSPS) is 16.6. The number of anilines is 1. The maximum atomic E-state index is 10.6. The largest absolute Gasteiger partial charge is 0.367 e. The fourth-order valence-corrected chi connectivity index (χ4v) is 2.34. The van der Waals surface area contributed by atoms with Gasteiger partial charge in [-0.1, -0.05) is 0 Å². The molecule has 1 aliphatic heterocycles. The summed E-state index contributed by atoms with van der Waals surface area (Å²) >= 11 is 0. The first kappa shape index (κ1) is 14.2. The summed E-state index contributed by atoms with van der Waals surface area (Å²) in [6.07, 6.45) is 3.62. The van der Waals surface area contributed by atoms with Crippen molar-refractivity contribution < 1.29 is 4.92 Å². The number of pyridine rings is 1. The van der Waals surface area contributed by atoms with Gasteiger partial charge in [0.1, 0.15) is 23.6 Å². The van der Waals surface area contributed by atoms with Crippen molar-refractivity contribution in [2.24, 2.45) is 0 Å². The summed E-state index contributed by atoms with van der Waals surface area (Å²) in [4.78, 5) is 16.5. The van der Waals surface area contributed by atoms with Gasteiger partial charge in [0.25, 0.3) is 5.69 Å². The van der Waals surface area contributed by atoms with Crippen LogP contribution in [0.1, 0.15) is 25.3 Å². The Morgan fingerprint density at radius 1 is 1.60 bits per heavy atom. The van der Waals surface area contributed by atoms with E-state index in [1.165, 1.54) is 25.1 Å². The maximum Gasteiger partial charge on any atom is 0.289 e. The molecular formula is C13H17N5O2. The lowest BCUT2D eigenvalue weighted by Crippen LogP contribution is -2.35. The van der Waals surface area contributed by atoms with Gasteiger partial charge in [0.05, 0.1) is 4.92 Å². The van der Waals surface area contributed by atoms with Crippen LogP contribution in [0.15, 0.2) is 12.3 Å². The lowest BCUT2D eigenvalue weighted by molar-refractivity contribution is -0.385. The molecular weight excluding hydrogens is 258 g/mol. The highest BCUT2D eigenvalue weighted by atomic mass is 16.6. The lowest BCUT2D eigenvalue weighted by Gasteiger charge is -2.24. The van der Waals surface area contributed by atoms with Gasteiger partial charge in [-0.3, -0.25) is 15.0 Å². The third-order valence-corrected chi connectivity index (χ3v) is 3.53. The SMILES string of the molecule is CC(CNc1ncc([N+](=O)[O-])cc1C#N)N1CCCC1. The Bertz CT molecular complexity index is 534. The number of aromatic nitrogens is 1. The van der Waals surface area contributed by atoms with Crippen LogP contribution in [0, 0.1) is 21.4 Å². The Balaban J connectivity index is 2.02. The van der Waals surface area contributed by atoms with Gasteiger partial charge in [0.2, 0.25) is 0 Å². The summed E-state index contributed by atoms with van der Waals surface area (Å²) in [6.45, 7) is 4.98. The van der Waals surface area contributed by atoms with Gasteiger partial charge in [-0.05, 0) is 32.9 Å². The van der Waals surface area contributed by atoms with Crippen LogP contribution >= 0.6 is 0 Å². The van der Waals surface area contributed by atoms with Crippen molar-refractivity contribution in [3.05, 3.63) is 27.9 Å². The van der Waals surface area contributed by atoms with E-state index in [4.69, 9.17) is 5.26 Å². The van der Waals surface area contributed by atoms with Gasteiger partial charge in [0, 0.05) is 18.7 Å². The predicted octanol–water partition coefficient (Wildman–Crippen LogP) is 1.76. The van der Waals surface area contributed by atoms with Crippen molar-refractivity contribution in [2.75, 3.05) is 25.0 Å². The third-order valence-electron chi connectivity index (χ3n) is 3.53. The Morgan fingerprint density at radius 2 is 2.30 bits per heavy atom. The highest BCUT2D eigenvalue weighted by molar-refractivity contribution is 5.55. The van der Waals surface area contributed by atoms with E-state index in [2.05, 4.69) is 22.1 Å². The number of hydrogen-bond acceptors (Lipinski definition) is 6. The molecule has 0 spiro atoms. The smallest absolute Gasteiger partial charge is 0.289 e. The second-order valence-electron chi connectivity index (χ2n) is 4.93. The number of rotatable bonds is 5. The van der Waals surface area contributed by atoms with E-state index in [1.807, 2.05) is 6.07 Å². The molecule has 0 aromatic carbocycles. The molecule has 2 rings (SSSR count). The molecule has 0 saturated carbocycles. The molecule has 106 valence electrons. The fraction of sp³-hybridized carbons (Fsp3) is 0.538. The first-order chi connectivity index (χ1) is 9.61. The number of hydrogen-bond donors (Lipinski definition) is 1. The molecule has 0 bridgehead atoms. The fourth-order valence-electron chi connectivity index (χ4n) is 2.34. The van der Waals surface area contributed by atoms with E-state index in [0.29, 0.717) is 18.4 Å². The molecule has 1 fully saturated rings. The summed E-state index contributed by atoms with van der Waals surface area (Å²) in [5, 5.41) is 22.8. The molecule has 0 radical (unpaired) electrons. The minimum Gasteiger partial charge on any atom is -0.367 e. The average molecular weight is 275 g/mol. The lowest BCUT2D eigenvalue weighted by atomic mass is 10.2. The van der Waals surface area contributed by atoms with Crippen LogP contribution in [-0.4, -0.2) is 40.5 Å². The van der Waals surface area contributed by atoms with Crippen LogP contribution in [0.25, 0.3) is 0 Å². The Labute approximate surface area is 117 Å². The molecule has 2 heterocycles. The summed E-state index contributed by atoms with van der Waals surface area (Å²) in [5.41, 5.74) is 0.0347. The molecule has 1 atom stereocenters. The number of nitrogens with one attached hydrogen (secondary N) is 1. The maximum absolute atomic E-state index is 10.6. The average Bonchev–Trinajstić information content (AvgIpc) is 2.98. The number of nitriles is 1. The topological polar surface area (TPSA) is 95.1 Å². The summed E-state index contributed by atoms with van der Waals surface area (Å²) in [5.74, 6) is 0.407. The minimum atomic E-state index is -0.551. The third kappa shape index (κ3) is 3.22. The Morgan fingerprint density at radius 3 is 2.90 bits per heavy atom. The Hall–Kier alpha value is -2.20. The standard InChI is InChI=1S/C13H17N5O2/c1-10(17-4-2-3-5-17)8-15-13-11(7-14)6-12(9-16-13)18(19)20/h6,9-10H,2-5,8H2,1H3,(H,15,16). The molecule has 0 amide bonds. The van der Waals surface area contributed by atoms with E-state index < -0.39 is 4.92 Å². The van der Waals surface area contributed by atoms with Gasteiger partial charge in [-0.2, -0.15) is 5.26 Å². The van der Waals surface area contributed by atoms with Crippen molar-refractivity contribution in [3.63, 3.8) is 0 Å². The van der Waals surface area contributed by atoms with Crippen molar-refractivity contribution in [2.45, 2.75) is 25.8 Å². The summed E-state index contributed by atoms with van der Waals surface area (Å²) in [6, 6.07) is 3.54. The molecule has 7 heteroatoms. The molecule has 20 heavy (non-hydrogen) atoms. The van der Waals surface area contributed by atoms with Crippen LogP contribution in [0.4, 0.5) is 11.5 Å². The van der Waals surface area contributed by atoms with Gasteiger partial charge in [-0.25, -0.2) is 4.98 Å². The van der Waals surface area contributed by atoms with Gasteiger partial charge in [0.15, 0.2) is 0 Å². The first-order valence-electron chi connectivity index (χ1n) is 6.64. The Kier molecular flexibility index (Phi) is 4.48. The molecule has 7 nitrogen and oxygen atoms in total. The van der Waals surface area contributed by atoms with Gasteiger partial charge in [-0.15, -0.1) is 0 Å². The quantitative estimate of drug-likeness (QED) is 0.649. The second kappa shape index (κ2) is 6.30. The summed E-state index contributed by atoms with van der Waals surface area (Å²) < 4.78 is 0. The van der Waals surface area contributed by atoms with Crippen molar-refractivity contribution in [1.29, 1.82) is 5.26 Å². The first-order valence-corrected chi connectivity index (χ1v) is 6.64. The van der Waals surface area contributed by atoms with Crippen molar-refractivity contribution in [1.82, 2.24) is 9.88 Å². The highest BCUT2D eigenvalue weighted by Crippen LogP contribution is 2.19. The molecule has 1 unspecified atom stereocenters. The van der Waals surface area contributed by atoms with Gasteiger partial charge >= 0.3 is 0 Å². The zero-order valence-electron chi connectivity index (χ0n) is 11.4. The van der Waals surface area contributed by atoms with Crippen LogP contribution in [-0.2, 0) is 0 Å². The number of nitrogens with zero attached hydrogens (tertiary/aromatic N) is 4. The molecule has 1 aromatic heterocycles. The second-order valence-corrected chi connectivity index (χ2v) is 4.93. The predicted molar refractivity (Wildman–Crippen MR) is 74.4 cm³/mol. The van der Waals surface area contributed by atoms with Crippen molar-refractivity contribution in [3.8, 4) is 6.07 Å². The molecule has 1 aliphatic rings. The zero-order valence-corrected chi connectivity index (χ0v) is 11.4. The van der Waals surface area contributed by atoms with Gasteiger partial charge < -0.3 is 5.32 Å². The van der Waals surface area contributed by atoms with E-state index >= 15 is 0 Å². The molecule has 0 aliphatic carbocycles. The van der Waals surface area contributed by atoms with Crippen LogP contribution < -0.4 is 5.32 Å². The van der Waals surface area contributed by atoms with Crippen LogP contribution in [0.5, 0.6) is 0 Å². The molecule has 1 aromatic rings. The number of likely N-dealkylation sites (tertiary alicyclic amines) is 1. The van der Waals surface area contributed by atoms with E-state index in [9.17, 15) is 10.1 Å². The van der Waals surface area contributed by atoms with E-state index in [1.54, 1.807) is 0 Å². The van der Waals surface area contributed by atoms with E-state index in [-0.39, 0.29) is 11.3 Å². The highest BCUT2D eigenvalue weighted by Gasteiger charge is 2.18. The van der Waals surface area contributed by atoms with Crippen LogP contribution in [0.2, 0.25) is 0 Å². The van der Waals surface area contributed by atoms with E-state index in [0.717, 1.165) is 13.1 Å². The van der Waals surface area contributed by atoms with Crippen LogP contribution in [0.3, 0.4) is 0 Å².